The van der Waals surface area contributed by atoms with E-state index < -0.39 is 11.7 Å². The Morgan fingerprint density at radius 2 is 2.28 bits per heavy atom. The molecule has 1 aromatic rings. The molecule has 7 heteroatoms. The maximum Gasteiger partial charge on any atom is 0.256 e. The average Bonchev–Trinajstić information content (AvgIpc) is 2.34. The van der Waals surface area contributed by atoms with Crippen molar-refractivity contribution in [3.05, 3.63) is 29.8 Å². The number of oxime groups is 1. The number of nitrogens with zero attached hydrogens (tertiary/aromatic N) is 3. The van der Waals surface area contributed by atoms with Crippen LogP contribution >= 0.6 is 0 Å². The van der Waals surface area contributed by atoms with Crippen LogP contribution < -0.4 is 5.73 Å². The van der Waals surface area contributed by atoms with E-state index in [4.69, 9.17) is 10.9 Å². The molecule has 0 radical (unpaired) electrons. The van der Waals surface area contributed by atoms with Crippen LogP contribution in [0.2, 0.25) is 0 Å². The second-order valence-corrected chi connectivity index (χ2v) is 4.01. The molecule has 0 atom stereocenters. The Balaban J connectivity index is 2.96. The van der Waals surface area contributed by atoms with Gasteiger partial charge in [0.15, 0.2) is 5.84 Å². The molecule has 0 spiro atoms. The van der Waals surface area contributed by atoms with E-state index in [1.165, 1.54) is 11.1 Å². The van der Waals surface area contributed by atoms with Crippen LogP contribution in [0.25, 0.3) is 0 Å². The van der Waals surface area contributed by atoms with Gasteiger partial charge in [0.05, 0.1) is 18.3 Å². The number of hydrogen-bond acceptors (Lipinski definition) is 4. The van der Waals surface area contributed by atoms with Gasteiger partial charge in [-0.3, -0.25) is 9.78 Å². The summed E-state index contributed by atoms with van der Waals surface area (Å²) < 4.78 is 13.0. The van der Waals surface area contributed by atoms with Crippen molar-refractivity contribution in [2.45, 2.75) is 19.9 Å². The smallest absolute Gasteiger partial charge is 0.256 e. The van der Waals surface area contributed by atoms with Crippen molar-refractivity contribution >= 4 is 11.7 Å². The van der Waals surface area contributed by atoms with Crippen LogP contribution in [-0.4, -0.2) is 39.4 Å². The maximum absolute atomic E-state index is 13.0. The normalized spacial score (nSPS) is 11.7. The van der Waals surface area contributed by atoms with Crippen molar-refractivity contribution in [3.63, 3.8) is 0 Å². The topological polar surface area (TPSA) is 91.8 Å². The zero-order chi connectivity index (χ0) is 13.7. The van der Waals surface area contributed by atoms with Crippen LogP contribution in [-0.2, 0) is 0 Å². The summed E-state index contributed by atoms with van der Waals surface area (Å²) in [6, 6.07) is 0.915. The molecule has 1 heterocycles. The van der Waals surface area contributed by atoms with Crippen LogP contribution in [0.4, 0.5) is 4.39 Å². The standard InChI is InChI=1S/C11H15FN4O2/c1-7(2)16(6-10(13)15-18)11(17)8-3-9(12)5-14-4-8/h3-5,7,18H,6H2,1-2H3,(H2,13,15). The predicted octanol–water partition coefficient (Wildman–Crippen LogP) is 0.818. The van der Waals surface area contributed by atoms with Crippen LogP contribution in [0.3, 0.4) is 0 Å². The summed E-state index contributed by atoms with van der Waals surface area (Å²) in [5.41, 5.74) is 5.49. The van der Waals surface area contributed by atoms with Crippen LogP contribution in [0.5, 0.6) is 0 Å². The molecule has 0 aliphatic carbocycles. The quantitative estimate of drug-likeness (QED) is 0.360. The largest absolute Gasteiger partial charge is 0.409 e. The van der Waals surface area contributed by atoms with E-state index >= 15 is 0 Å². The predicted molar refractivity (Wildman–Crippen MR) is 63.8 cm³/mol. The Morgan fingerprint density at radius 1 is 1.61 bits per heavy atom. The fourth-order valence-electron chi connectivity index (χ4n) is 1.39. The first kappa shape index (κ1) is 13.9. The molecule has 18 heavy (non-hydrogen) atoms. The van der Waals surface area contributed by atoms with Gasteiger partial charge >= 0.3 is 0 Å². The summed E-state index contributed by atoms with van der Waals surface area (Å²) in [6.07, 6.45) is 2.28. The van der Waals surface area contributed by atoms with Gasteiger partial charge in [-0.05, 0) is 19.9 Å². The van der Waals surface area contributed by atoms with Gasteiger partial charge in [-0.15, -0.1) is 0 Å². The molecule has 6 nitrogen and oxygen atoms in total. The lowest BCUT2D eigenvalue weighted by Gasteiger charge is -2.26. The number of carbonyl (C=O) groups is 1. The number of halogens is 1. The van der Waals surface area contributed by atoms with Crippen molar-refractivity contribution in [1.29, 1.82) is 0 Å². The highest BCUT2D eigenvalue weighted by atomic mass is 19.1. The number of amidine groups is 1. The summed E-state index contributed by atoms with van der Waals surface area (Å²) in [5.74, 6) is -1.11. The molecule has 0 fully saturated rings. The van der Waals surface area contributed by atoms with Gasteiger partial charge in [0.25, 0.3) is 5.91 Å². The number of pyridine rings is 1. The highest BCUT2D eigenvalue weighted by Gasteiger charge is 2.20. The third-order valence-corrected chi connectivity index (χ3v) is 2.30. The maximum atomic E-state index is 13.0. The molecule has 0 aliphatic rings. The number of amides is 1. The van der Waals surface area contributed by atoms with E-state index in [9.17, 15) is 9.18 Å². The van der Waals surface area contributed by atoms with Crippen LogP contribution in [0.1, 0.15) is 24.2 Å². The van der Waals surface area contributed by atoms with Crippen molar-refractivity contribution < 1.29 is 14.4 Å². The number of carbonyl (C=O) groups excluding carboxylic acids is 1. The van der Waals surface area contributed by atoms with Gasteiger partial charge in [0.1, 0.15) is 5.82 Å². The van der Waals surface area contributed by atoms with E-state index in [2.05, 4.69) is 10.1 Å². The van der Waals surface area contributed by atoms with Gasteiger partial charge in [0, 0.05) is 12.2 Å². The number of rotatable bonds is 4. The van der Waals surface area contributed by atoms with E-state index in [1.807, 2.05) is 0 Å². The van der Waals surface area contributed by atoms with Crippen LogP contribution in [0, 0.1) is 5.82 Å². The van der Waals surface area contributed by atoms with Gasteiger partial charge in [-0.2, -0.15) is 0 Å². The van der Waals surface area contributed by atoms with Gasteiger partial charge in [0.2, 0.25) is 0 Å². The van der Waals surface area contributed by atoms with E-state index in [0.29, 0.717) is 0 Å². The third-order valence-electron chi connectivity index (χ3n) is 2.30. The SMILES string of the molecule is CC(C)N(C/C(N)=N/O)C(=O)c1cncc(F)c1. The molecule has 0 saturated carbocycles. The molecule has 1 rings (SSSR count). The second kappa shape index (κ2) is 5.95. The Labute approximate surface area is 104 Å². The van der Waals surface area contributed by atoms with Gasteiger partial charge in [-0.1, -0.05) is 5.16 Å². The first-order chi connectivity index (χ1) is 8.45. The Bertz CT molecular complexity index is 462. The van der Waals surface area contributed by atoms with E-state index in [-0.39, 0.29) is 24.0 Å². The van der Waals surface area contributed by atoms with Gasteiger partial charge < -0.3 is 15.8 Å². The van der Waals surface area contributed by atoms with Crippen molar-refractivity contribution in [2.75, 3.05) is 6.54 Å². The first-order valence-electron chi connectivity index (χ1n) is 5.33. The minimum absolute atomic E-state index is 0.0382. The van der Waals surface area contributed by atoms with Crippen molar-refractivity contribution in [2.24, 2.45) is 10.9 Å². The summed E-state index contributed by atoms with van der Waals surface area (Å²) in [4.78, 5) is 17.1. The average molecular weight is 254 g/mol. The molecule has 0 unspecified atom stereocenters. The molecule has 0 saturated heterocycles. The van der Waals surface area contributed by atoms with Crippen molar-refractivity contribution in [3.8, 4) is 0 Å². The lowest BCUT2D eigenvalue weighted by atomic mass is 10.2. The molecule has 1 amide bonds. The molecule has 0 aromatic carbocycles. The first-order valence-corrected chi connectivity index (χ1v) is 5.33. The minimum Gasteiger partial charge on any atom is -0.409 e. The third kappa shape index (κ3) is 3.41. The molecule has 0 bridgehead atoms. The summed E-state index contributed by atoms with van der Waals surface area (Å²) in [7, 11) is 0. The monoisotopic (exact) mass is 254 g/mol. The molecular weight excluding hydrogens is 239 g/mol. The van der Waals surface area contributed by atoms with Crippen molar-refractivity contribution in [1.82, 2.24) is 9.88 Å². The Morgan fingerprint density at radius 3 is 2.78 bits per heavy atom. The molecule has 0 aliphatic heterocycles. The van der Waals surface area contributed by atoms with E-state index in [1.54, 1.807) is 13.8 Å². The molecule has 3 N–H and O–H groups in total. The lowest BCUT2D eigenvalue weighted by molar-refractivity contribution is 0.0733. The highest BCUT2D eigenvalue weighted by Crippen LogP contribution is 2.08. The van der Waals surface area contributed by atoms with E-state index in [0.717, 1.165) is 12.3 Å². The molecule has 98 valence electrons. The highest BCUT2D eigenvalue weighted by molar-refractivity contribution is 5.96. The Hall–Kier alpha value is -2.18. The minimum atomic E-state index is -0.589. The fraction of sp³-hybridized carbons (Fsp3) is 0.364. The summed E-state index contributed by atoms with van der Waals surface area (Å²) >= 11 is 0. The number of nitrogens with two attached hydrogens (primary N) is 1. The zero-order valence-electron chi connectivity index (χ0n) is 10.2. The second-order valence-electron chi connectivity index (χ2n) is 4.01. The fourth-order valence-corrected chi connectivity index (χ4v) is 1.39. The lowest BCUT2D eigenvalue weighted by Crippen LogP contribution is -2.42. The summed E-state index contributed by atoms with van der Waals surface area (Å²) in [5, 5.41) is 11.3. The van der Waals surface area contributed by atoms with Crippen LogP contribution in [0.15, 0.2) is 23.6 Å². The number of hydrogen-bond donors (Lipinski definition) is 2. The molecular formula is C11H15FN4O2. The number of aromatic nitrogens is 1. The van der Waals surface area contributed by atoms with Gasteiger partial charge in [-0.25, -0.2) is 4.39 Å². The molecule has 1 aromatic heterocycles. The summed E-state index contributed by atoms with van der Waals surface area (Å²) in [6.45, 7) is 3.51. The Kier molecular flexibility index (Phi) is 4.59. The zero-order valence-corrected chi connectivity index (χ0v) is 10.2.